The summed E-state index contributed by atoms with van der Waals surface area (Å²) in [5.41, 5.74) is 0. The van der Waals surface area contributed by atoms with Gasteiger partial charge in [0, 0.05) is 0 Å². The van der Waals surface area contributed by atoms with Gasteiger partial charge >= 0.3 is 0 Å². The molecule has 0 fully saturated rings. The van der Waals surface area contributed by atoms with Crippen LogP contribution in [0.15, 0.2) is 10.7 Å². The molecule has 0 aliphatic rings. The normalized spacial score (nSPS) is 11.6. The van der Waals surface area contributed by atoms with Crippen LogP contribution in [0, 0.1) is 0 Å². The summed E-state index contributed by atoms with van der Waals surface area (Å²) in [6.45, 7) is 8.06. The standard InChI is InChI=1S/C6H12BrClSi/c1-4-9(8,5-2)6(3)7/h3-5H2,1-2H3. The summed E-state index contributed by atoms with van der Waals surface area (Å²) in [4.78, 5) is 0. The fourth-order valence-electron chi connectivity index (χ4n) is 0.634. The Labute approximate surface area is 71.1 Å². The van der Waals surface area contributed by atoms with E-state index in [0.717, 1.165) is 16.2 Å². The molecule has 0 aromatic heterocycles. The lowest BCUT2D eigenvalue weighted by Crippen LogP contribution is -2.24. The fourth-order valence-corrected chi connectivity index (χ4v) is 3.58. The van der Waals surface area contributed by atoms with E-state index in [1.165, 1.54) is 0 Å². The van der Waals surface area contributed by atoms with E-state index < -0.39 is 7.38 Å². The smallest absolute Gasteiger partial charge is 0.160 e. The van der Waals surface area contributed by atoms with Crippen LogP contribution >= 0.6 is 27.0 Å². The Morgan fingerprint density at radius 3 is 1.89 bits per heavy atom. The van der Waals surface area contributed by atoms with Crippen LogP contribution in [-0.4, -0.2) is 7.38 Å². The molecule has 0 spiro atoms. The molecule has 0 aliphatic heterocycles. The number of hydrogen-bond acceptors (Lipinski definition) is 0. The van der Waals surface area contributed by atoms with Crippen LogP contribution < -0.4 is 0 Å². The minimum atomic E-state index is -1.58. The highest BCUT2D eigenvalue weighted by Crippen LogP contribution is 2.30. The summed E-state index contributed by atoms with van der Waals surface area (Å²) < 4.78 is 1.03. The first kappa shape index (κ1) is 9.73. The summed E-state index contributed by atoms with van der Waals surface area (Å²) in [6.07, 6.45) is 0. The van der Waals surface area contributed by atoms with Crippen molar-refractivity contribution in [3.8, 4) is 0 Å². The molecule has 0 rings (SSSR count). The van der Waals surface area contributed by atoms with Crippen molar-refractivity contribution in [3.63, 3.8) is 0 Å². The number of halogens is 2. The Bertz CT molecular complexity index is 110. The van der Waals surface area contributed by atoms with Gasteiger partial charge in [0.1, 0.15) is 0 Å². The van der Waals surface area contributed by atoms with Gasteiger partial charge in [-0.1, -0.05) is 36.4 Å². The van der Waals surface area contributed by atoms with Crippen molar-refractivity contribution < 1.29 is 0 Å². The van der Waals surface area contributed by atoms with Crippen molar-refractivity contribution in [2.75, 3.05) is 0 Å². The van der Waals surface area contributed by atoms with Gasteiger partial charge < -0.3 is 0 Å². The van der Waals surface area contributed by atoms with Crippen LogP contribution in [0.4, 0.5) is 0 Å². The second-order valence-electron chi connectivity index (χ2n) is 2.08. The Balaban J connectivity index is 4.09. The zero-order valence-corrected chi connectivity index (χ0v) is 9.22. The first-order valence-electron chi connectivity index (χ1n) is 3.10. The van der Waals surface area contributed by atoms with Crippen molar-refractivity contribution in [2.45, 2.75) is 25.9 Å². The monoisotopic (exact) mass is 226 g/mol. The van der Waals surface area contributed by atoms with E-state index in [0.29, 0.717) is 0 Å². The Hall–Kier alpha value is 0.727. The molecule has 54 valence electrons. The minimum Gasteiger partial charge on any atom is -0.160 e. The van der Waals surface area contributed by atoms with Crippen LogP contribution in [-0.2, 0) is 0 Å². The van der Waals surface area contributed by atoms with E-state index in [-0.39, 0.29) is 0 Å². The first-order valence-corrected chi connectivity index (χ1v) is 7.32. The third kappa shape index (κ3) is 2.44. The molecular weight excluding hydrogens is 216 g/mol. The third-order valence-electron chi connectivity index (χ3n) is 1.61. The molecule has 0 atom stereocenters. The molecule has 0 aromatic carbocycles. The van der Waals surface area contributed by atoms with Gasteiger partial charge in [-0.05, 0) is 16.2 Å². The van der Waals surface area contributed by atoms with Gasteiger partial charge in [0.15, 0.2) is 7.38 Å². The number of hydrogen-bond donors (Lipinski definition) is 0. The quantitative estimate of drug-likeness (QED) is 0.510. The fraction of sp³-hybridized carbons (Fsp3) is 0.667. The lowest BCUT2D eigenvalue weighted by molar-refractivity contribution is 1.31. The van der Waals surface area contributed by atoms with Gasteiger partial charge in [-0.25, -0.2) is 0 Å². The minimum absolute atomic E-state index is 1.03. The zero-order chi connectivity index (χ0) is 7.49. The topological polar surface area (TPSA) is 0 Å². The van der Waals surface area contributed by atoms with Crippen molar-refractivity contribution in [1.29, 1.82) is 0 Å². The van der Waals surface area contributed by atoms with E-state index in [1.807, 2.05) is 0 Å². The summed E-state index contributed by atoms with van der Waals surface area (Å²) in [5.74, 6) is 0. The molecule has 0 amide bonds. The average Bonchev–Trinajstić information content (AvgIpc) is 1.86. The highest BCUT2D eigenvalue weighted by molar-refractivity contribution is 9.12. The number of rotatable bonds is 3. The van der Waals surface area contributed by atoms with E-state index in [9.17, 15) is 0 Å². The van der Waals surface area contributed by atoms with E-state index in [2.05, 4.69) is 36.4 Å². The highest BCUT2D eigenvalue weighted by atomic mass is 79.9. The molecule has 0 heterocycles. The summed E-state index contributed by atoms with van der Waals surface area (Å²) in [6, 6.07) is 2.13. The summed E-state index contributed by atoms with van der Waals surface area (Å²) in [7, 11) is -1.58. The molecule has 0 aliphatic carbocycles. The van der Waals surface area contributed by atoms with Crippen LogP contribution in [0.1, 0.15) is 13.8 Å². The van der Waals surface area contributed by atoms with Gasteiger partial charge in [-0.3, -0.25) is 0 Å². The molecule has 0 N–H and O–H groups in total. The molecule has 0 aromatic rings. The van der Waals surface area contributed by atoms with Crippen molar-refractivity contribution in [3.05, 3.63) is 10.7 Å². The predicted octanol–water partition coefficient (Wildman–Crippen LogP) is 3.66. The van der Waals surface area contributed by atoms with Crippen molar-refractivity contribution >= 4 is 34.4 Å². The molecule has 3 heteroatoms. The Morgan fingerprint density at radius 2 is 1.89 bits per heavy atom. The molecule has 0 unspecified atom stereocenters. The van der Waals surface area contributed by atoms with E-state index in [1.54, 1.807) is 0 Å². The van der Waals surface area contributed by atoms with Gasteiger partial charge in [0.05, 0.1) is 0 Å². The first-order chi connectivity index (χ1) is 4.06. The average molecular weight is 228 g/mol. The van der Waals surface area contributed by atoms with Crippen LogP contribution in [0.3, 0.4) is 0 Å². The van der Waals surface area contributed by atoms with Gasteiger partial charge in [0.2, 0.25) is 0 Å². The second kappa shape index (κ2) is 3.79. The largest absolute Gasteiger partial charge is 0.192 e. The molecule has 9 heavy (non-hydrogen) atoms. The summed E-state index contributed by atoms with van der Waals surface area (Å²) >= 11 is 9.59. The maximum absolute atomic E-state index is 6.24. The SMILES string of the molecule is C=C(Br)[Si](Cl)(CC)CC. The predicted molar refractivity (Wildman–Crippen MR) is 50.6 cm³/mol. The lowest BCUT2D eigenvalue weighted by atomic mass is 10.9. The van der Waals surface area contributed by atoms with Gasteiger partial charge in [-0.2, -0.15) is 11.1 Å². The van der Waals surface area contributed by atoms with Gasteiger partial charge in [0.25, 0.3) is 0 Å². The van der Waals surface area contributed by atoms with Crippen molar-refractivity contribution in [2.24, 2.45) is 0 Å². The molecule has 0 saturated carbocycles. The Morgan fingerprint density at radius 1 is 1.56 bits per heavy atom. The molecule has 0 radical (unpaired) electrons. The van der Waals surface area contributed by atoms with Crippen molar-refractivity contribution in [1.82, 2.24) is 0 Å². The second-order valence-corrected chi connectivity index (χ2v) is 9.89. The van der Waals surface area contributed by atoms with Crippen LogP contribution in [0.25, 0.3) is 0 Å². The lowest BCUT2D eigenvalue weighted by Gasteiger charge is -2.18. The molecule has 0 nitrogen and oxygen atoms in total. The maximum Gasteiger partial charge on any atom is 0.192 e. The van der Waals surface area contributed by atoms with Crippen LogP contribution in [0.2, 0.25) is 12.1 Å². The van der Waals surface area contributed by atoms with E-state index >= 15 is 0 Å². The molecule has 0 bridgehead atoms. The molecule has 0 saturated heterocycles. The zero-order valence-electron chi connectivity index (χ0n) is 5.88. The molecular formula is C6H12BrClSi. The van der Waals surface area contributed by atoms with E-state index in [4.69, 9.17) is 11.1 Å². The summed E-state index contributed by atoms with van der Waals surface area (Å²) in [5, 5.41) is 0. The maximum atomic E-state index is 6.24. The van der Waals surface area contributed by atoms with Crippen LogP contribution in [0.5, 0.6) is 0 Å². The Kier molecular flexibility index (Phi) is 4.09. The third-order valence-corrected chi connectivity index (χ3v) is 10.1. The highest BCUT2D eigenvalue weighted by Gasteiger charge is 2.28. The van der Waals surface area contributed by atoms with Gasteiger partial charge in [-0.15, -0.1) is 0 Å².